The molecule has 0 spiro atoms. The fraction of sp³-hybridized carbons (Fsp3) is 0.364. The molecule has 1 amide bonds. The van der Waals surface area contributed by atoms with Crippen LogP contribution in [0.25, 0.3) is 0 Å². The van der Waals surface area contributed by atoms with Gasteiger partial charge in [0.1, 0.15) is 0 Å². The summed E-state index contributed by atoms with van der Waals surface area (Å²) in [7, 11) is 0. The summed E-state index contributed by atoms with van der Waals surface area (Å²) in [5.41, 5.74) is 0.301. The number of hydrogen-bond acceptors (Lipinski definition) is 3. The molecule has 0 N–H and O–H groups in total. The molecule has 1 heterocycles. The van der Waals surface area contributed by atoms with Crippen LogP contribution >= 0.6 is 15.9 Å². The molecular formula is C11H11BrN2O3. The summed E-state index contributed by atoms with van der Waals surface area (Å²) in [6.45, 7) is 1.47. The van der Waals surface area contributed by atoms with E-state index in [1.165, 1.54) is 12.1 Å². The SMILES string of the molecule is O=C(c1cc(Br)cc([N+](=O)[O-])c1)N1CCCC1. The highest BCUT2D eigenvalue weighted by atomic mass is 79.9. The summed E-state index contributed by atoms with van der Waals surface area (Å²) in [5.74, 6) is -0.132. The van der Waals surface area contributed by atoms with Crippen LogP contribution in [0.5, 0.6) is 0 Å². The lowest BCUT2D eigenvalue weighted by Gasteiger charge is -2.15. The highest BCUT2D eigenvalue weighted by Crippen LogP contribution is 2.23. The van der Waals surface area contributed by atoms with Crippen molar-refractivity contribution in [3.63, 3.8) is 0 Å². The zero-order chi connectivity index (χ0) is 12.4. The van der Waals surface area contributed by atoms with Crippen LogP contribution in [0.3, 0.4) is 0 Å². The Bertz CT molecular complexity index is 470. The van der Waals surface area contributed by atoms with E-state index >= 15 is 0 Å². The van der Waals surface area contributed by atoms with E-state index < -0.39 is 4.92 Å². The van der Waals surface area contributed by atoms with E-state index in [2.05, 4.69) is 15.9 Å². The van der Waals surface area contributed by atoms with Gasteiger partial charge in [0.05, 0.1) is 4.92 Å². The van der Waals surface area contributed by atoms with E-state index in [1.54, 1.807) is 11.0 Å². The van der Waals surface area contributed by atoms with Crippen molar-refractivity contribution in [3.05, 3.63) is 38.3 Å². The van der Waals surface area contributed by atoms with Crippen molar-refractivity contribution in [2.24, 2.45) is 0 Å². The zero-order valence-electron chi connectivity index (χ0n) is 9.06. The second kappa shape index (κ2) is 4.83. The first-order chi connectivity index (χ1) is 8.08. The number of carbonyl (C=O) groups excluding carboxylic acids is 1. The van der Waals surface area contributed by atoms with Crippen molar-refractivity contribution >= 4 is 27.5 Å². The minimum absolute atomic E-state index is 0.0677. The largest absolute Gasteiger partial charge is 0.339 e. The van der Waals surface area contributed by atoms with Crippen LogP contribution in [0.4, 0.5) is 5.69 Å². The molecule has 1 aromatic carbocycles. The predicted molar refractivity (Wildman–Crippen MR) is 65.9 cm³/mol. The Morgan fingerprint density at radius 3 is 2.53 bits per heavy atom. The van der Waals surface area contributed by atoms with E-state index in [-0.39, 0.29) is 11.6 Å². The fourth-order valence-corrected chi connectivity index (χ4v) is 2.39. The maximum Gasteiger partial charge on any atom is 0.271 e. The number of nitro groups is 1. The number of hydrogen-bond donors (Lipinski definition) is 0. The molecule has 0 radical (unpaired) electrons. The van der Waals surface area contributed by atoms with Gasteiger partial charge in [0.15, 0.2) is 0 Å². The van der Waals surface area contributed by atoms with Gasteiger partial charge in [-0.3, -0.25) is 14.9 Å². The number of likely N-dealkylation sites (tertiary alicyclic amines) is 1. The molecule has 90 valence electrons. The van der Waals surface area contributed by atoms with E-state index in [1.807, 2.05) is 0 Å². The van der Waals surface area contributed by atoms with Crippen LogP contribution in [0.15, 0.2) is 22.7 Å². The van der Waals surface area contributed by atoms with Gasteiger partial charge in [-0.25, -0.2) is 0 Å². The lowest BCUT2D eigenvalue weighted by Crippen LogP contribution is -2.27. The van der Waals surface area contributed by atoms with Gasteiger partial charge >= 0.3 is 0 Å². The van der Waals surface area contributed by atoms with Gasteiger partial charge in [0.2, 0.25) is 0 Å². The second-order valence-corrected chi connectivity index (χ2v) is 4.87. The molecule has 1 fully saturated rings. The standard InChI is InChI=1S/C11H11BrN2O3/c12-9-5-8(6-10(7-9)14(16)17)11(15)13-3-1-2-4-13/h5-7H,1-4H2. The summed E-state index contributed by atoms with van der Waals surface area (Å²) < 4.78 is 0.550. The quantitative estimate of drug-likeness (QED) is 0.623. The van der Waals surface area contributed by atoms with Gasteiger partial charge in [-0.1, -0.05) is 15.9 Å². The molecule has 0 unspecified atom stereocenters. The molecule has 5 nitrogen and oxygen atoms in total. The maximum atomic E-state index is 12.1. The van der Waals surface area contributed by atoms with Crippen LogP contribution in [0, 0.1) is 10.1 Å². The number of carbonyl (C=O) groups is 1. The van der Waals surface area contributed by atoms with Gasteiger partial charge < -0.3 is 4.90 Å². The number of benzene rings is 1. The Morgan fingerprint density at radius 2 is 1.94 bits per heavy atom. The molecule has 17 heavy (non-hydrogen) atoms. The summed E-state index contributed by atoms with van der Waals surface area (Å²) in [6.07, 6.45) is 2.00. The molecular weight excluding hydrogens is 288 g/mol. The van der Waals surface area contributed by atoms with Crippen molar-refractivity contribution < 1.29 is 9.72 Å². The first kappa shape index (κ1) is 12.0. The van der Waals surface area contributed by atoms with Gasteiger partial charge in [-0.2, -0.15) is 0 Å². The first-order valence-electron chi connectivity index (χ1n) is 5.32. The minimum atomic E-state index is -0.495. The van der Waals surface area contributed by atoms with Gasteiger partial charge in [0.25, 0.3) is 11.6 Å². The van der Waals surface area contributed by atoms with Crippen LogP contribution < -0.4 is 0 Å². The summed E-state index contributed by atoms with van der Waals surface area (Å²) in [5, 5.41) is 10.7. The molecule has 0 bridgehead atoms. The van der Waals surface area contributed by atoms with Crippen molar-refractivity contribution in [2.75, 3.05) is 13.1 Å². The fourth-order valence-electron chi connectivity index (χ4n) is 1.91. The minimum Gasteiger partial charge on any atom is -0.339 e. The number of nitro benzene ring substituents is 1. The van der Waals surface area contributed by atoms with Crippen LogP contribution in [-0.2, 0) is 0 Å². The first-order valence-corrected chi connectivity index (χ1v) is 6.11. The van der Waals surface area contributed by atoms with E-state index in [0.717, 1.165) is 25.9 Å². The third kappa shape index (κ3) is 2.63. The van der Waals surface area contributed by atoms with E-state index in [4.69, 9.17) is 0 Å². The Labute approximate surface area is 107 Å². The molecule has 6 heteroatoms. The Morgan fingerprint density at radius 1 is 1.29 bits per heavy atom. The number of nitrogens with zero attached hydrogens (tertiary/aromatic N) is 2. The third-order valence-electron chi connectivity index (χ3n) is 2.73. The van der Waals surface area contributed by atoms with Crippen molar-refractivity contribution in [1.82, 2.24) is 4.90 Å². The van der Waals surface area contributed by atoms with Gasteiger partial charge in [0, 0.05) is 35.3 Å². The number of halogens is 1. The van der Waals surface area contributed by atoms with Crippen molar-refractivity contribution in [2.45, 2.75) is 12.8 Å². The monoisotopic (exact) mass is 298 g/mol. The highest BCUT2D eigenvalue weighted by Gasteiger charge is 2.21. The van der Waals surface area contributed by atoms with Crippen molar-refractivity contribution in [3.8, 4) is 0 Å². The average molecular weight is 299 g/mol. The highest BCUT2D eigenvalue weighted by molar-refractivity contribution is 9.10. The van der Waals surface area contributed by atoms with Gasteiger partial charge in [-0.05, 0) is 18.9 Å². The summed E-state index contributed by atoms with van der Waals surface area (Å²) in [4.78, 5) is 24.0. The number of amides is 1. The van der Waals surface area contributed by atoms with Crippen LogP contribution in [0.1, 0.15) is 23.2 Å². The van der Waals surface area contributed by atoms with E-state index in [9.17, 15) is 14.9 Å². The van der Waals surface area contributed by atoms with E-state index in [0.29, 0.717) is 10.0 Å². The molecule has 1 aliphatic heterocycles. The third-order valence-corrected chi connectivity index (χ3v) is 3.19. The number of non-ortho nitro benzene ring substituents is 1. The average Bonchev–Trinajstić information content (AvgIpc) is 2.80. The normalized spacial score (nSPS) is 15.0. The Balaban J connectivity index is 2.31. The lowest BCUT2D eigenvalue weighted by molar-refractivity contribution is -0.385. The lowest BCUT2D eigenvalue weighted by atomic mass is 10.2. The maximum absolute atomic E-state index is 12.1. The zero-order valence-corrected chi connectivity index (χ0v) is 10.6. The molecule has 0 atom stereocenters. The number of rotatable bonds is 2. The summed E-state index contributed by atoms with van der Waals surface area (Å²) >= 11 is 3.18. The summed E-state index contributed by atoms with van der Waals surface area (Å²) in [6, 6.07) is 4.33. The topological polar surface area (TPSA) is 63.4 Å². The smallest absolute Gasteiger partial charge is 0.271 e. The van der Waals surface area contributed by atoms with Crippen LogP contribution in [-0.4, -0.2) is 28.8 Å². The molecule has 2 rings (SSSR count). The Hall–Kier alpha value is -1.43. The second-order valence-electron chi connectivity index (χ2n) is 3.95. The van der Waals surface area contributed by atoms with Crippen LogP contribution in [0.2, 0.25) is 0 Å². The predicted octanol–water partition coefficient (Wildman–Crippen LogP) is 2.59. The van der Waals surface area contributed by atoms with Crippen molar-refractivity contribution in [1.29, 1.82) is 0 Å². The molecule has 1 aromatic rings. The Kier molecular flexibility index (Phi) is 3.42. The molecule has 1 saturated heterocycles. The molecule has 0 aliphatic carbocycles. The van der Waals surface area contributed by atoms with Gasteiger partial charge in [-0.15, -0.1) is 0 Å². The molecule has 1 aliphatic rings. The molecule has 0 saturated carbocycles. The molecule has 0 aromatic heterocycles.